The van der Waals surface area contributed by atoms with E-state index in [1.165, 1.54) is 30.8 Å². The molecule has 2 aromatic rings. The minimum absolute atomic E-state index is 0.00642. The number of benzene rings is 2. The Morgan fingerprint density at radius 3 is 2.60 bits per heavy atom. The summed E-state index contributed by atoms with van der Waals surface area (Å²) in [5.74, 6) is 0.502. The zero-order valence-electron chi connectivity index (χ0n) is 13.1. The Labute approximate surface area is 156 Å². The van der Waals surface area contributed by atoms with Crippen molar-refractivity contribution in [2.45, 2.75) is 16.7 Å². The number of anilines is 2. The molecule has 0 unspecified atom stereocenters. The fraction of sp³-hybridized carbons (Fsp3) is 0.118. The quantitative estimate of drug-likeness (QED) is 0.512. The average molecular weight is 421 g/mol. The monoisotopic (exact) mass is 420 g/mol. The lowest BCUT2D eigenvalue weighted by molar-refractivity contribution is -0.385. The highest BCUT2D eigenvalue weighted by molar-refractivity contribution is 9.11. The highest BCUT2D eigenvalue weighted by Crippen LogP contribution is 2.50. The van der Waals surface area contributed by atoms with E-state index >= 15 is 0 Å². The summed E-state index contributed by atoms with van der Waals surface area (Å²) >= 11 is 4.56. The summed E-state index contributed by atoms with van der Waals surface area (Å²) in [7, 11) is 0. The molecule has 3 rings (SSSR count). The van der Waals surface area contributed by atoms with Gasteiger partial charge in [-0.25, -0.2) is 0 Å². The molecule has 0 saturated carbocycles. The predicted molar refractivity (Wildman–Crippen MR) is 100 cm³/mol. The third kappa shape index (κ3) is 3.54. The standard InChI is InChI=1S/C17H13BrN2O4S/c1-11(21)19-14-5-3-12(20(22)23)9-16(14)25-17-10-13(4-6-15(17)19)24-8-2-7-18/h2-7,9-10H,8H2,1H3. The number of carbonyl (C=O) groups is 1. The molecule has 128 valence electrons. The molecular weight excluding hydrogens is 408 g/mol. The van der Waals surface area contributed by atoms with Gasteiger partial charge in [0, 0.05) is 28.8 Å². The van der Waals surface area contributed by atoms with E-state index in [0.29, 0.717) is 22.9 Å². The molecule has 0 bridgehead atoms. The van der Waals surface area contributed by atoms with Gasteiger partial charge >= 0.3 is 0 Å². The van der Waals surface area contributed by atoms with Crippen LogP contribution in [0.5, 0.6) is 5.75 Å². The number of carbonyl (C=O) groups excluding carboxylic acids is 1. The van der Waals surface area contributed by atoms with E-state index in [4.69, 9.17) is 4.74 Å². The maximum absolute atomic E-state index is 12.2. The van der Waals surface area contributed by atoms with Crippen LogP contribution in [0.2, 0.25) is 0 Å². The first-order valence-electron chi connectivity index (χ1n) is 7.30. The zero-order valence-corrected chi connectivity index (χ0v) is 15.5. The van der Waals surface area contributed by atoms with Crippen molar-refractivity contribution in [3.63, 3.8) is 0 Å². The first-order chi connectivity index (χ1) is 12.0. The van der Waals surface area contributed by atoms with Gasteiger partial charge in [0.15, 0.2) is 0 Å². The molecule has 0 N–H and O–H groups in total. The number of nitro groups is 1. The molecule has 2 aromatic carbocycles. The Kier molecular flexibility index (Phi) is 5.10. The first-order valence-corrected chi connectivity index (χ1v) is 9.03. The third-order valence-corrected chi connectivity index (χ3v) is 5.01. The van der Waals surface area contributed by atoms with Gasteiger partial charge < -0.3 is 4.74 Å². The molecule has 0 radical (unpaired) electrons. The molecule has 6 nitrogen and oxygen atoms in total. The second-order valence-electron chi connectivity index (χ2n) is 5.17. The summed E-state index contributed by atoms with van der Waals surface area (Å²) in [6.45, 7) is 1.88. The number of halogens is 1. The smallest absolute Gasteiger partial charge is 0.270 e. The summed E-state index contributed by atoms with van der Waals surface area (Å²) in [6, 6.07) is 9.95. The summed E-state index contributed by atoms with van der Waals surface area (Å²) in [6.07, 6.45) is 1.81. The van der Waals surface area contributed by atoms with Crippen molar-refractivity contribution in [3.05, 3.63) is 57.6 Å². The third-order valence-electron chi connectivity index (χ3n) is 3.54. The van der Waals surface area contributed by atoms with Gasteiger partial charge in [0.2, 0.25) is 5.91 Å². The van der Waals surface area contributed by atoms with Gasteiger partial charge in [-0.2, -0.15) is 0 Å². The molecule has 0 spiro atoms. The Balaban J connectivity index is 2.03. The summed E-state index contributed by atoms with van der Waals surface area (Å²) in [5.41, 5.74) is 1.38. The molecular formula is C17H13BrN2O4S. The number of fused-ring (bicyclic) bond motifs is 2. The van der Waals surface area contributed by atoms with Crippen LogP contribution in [-0.2, 0) is 4.79 Å². The molecule has 0 aromatic heterocycles. The fourth-order valence-electron chi connectivity index (χ4n) is 2.50. The van der Waals surface area contributed by atoms with E-state index in [9.17, 15) is 14.9 Å². The van der Waals surface area contributed by atoms with Gasteiger partial charge in [-0.1, -0.05) is 27.7 Å². The van der Waals surface area contributed by atoms with Gasteiger partial charge in [0.25, 0.3) is 5.69 Å². The topological polar surface area (TPSA) is 72.7 Å². The van der Waals surface area contributed by atoms with Crippen LogP contribution in [0.3, 0.4) is 0 Å². The van der Waals surface area contributed by atoms with Gasteiger partial charge in [-0.05, 0) is 35.3 Å². The van der Waals surface area contributed by atoms with Crippen LogP contribution in [0.4, 0.5) is 17.1 Å². The Bertz CT molecular complexity index is 885. The average Bonchev–Trinajstić information content (AvgIpc) is 2.58. The number of nitro benzene ring substituents is 1. The number of hydrogen-bond acceptors (Lipinski definition) is 5. The second-order valence-corrected chi connectivity index (χ2v) is 6.78. The molecule has 25 heavy (non-hydrogen) atoms. The minimum atomic E-state index is -0.444. The maximum Gasteiger partial charge on any atom is 0.270 e. The molecule has 0 atom stereocenters. The van der Waals surface area contributed by atoms with Crippen LogP contribution in [0.1, 0.15) is 6.92 Å². The molecule has 0 aliphatic carbocycles. The number of amides is 1. The minimum Gasteiger partial charge on any atom is -0.489 e. The molecule has 0 saturated heterocycles. The van der Waals surface area contributed by atoms with Crippen molar-refractivity contribution in [2.75, 3.05) is 11.5 Å². The van der Waals surface area contributed by atoms with Crippen LogP contribution in [-0.4, -0.2) is 17.4 Å². The van der Waals surface area contributed by atoms with E-state index in [1.54, 1.807) is 22.0 Å². The lowest BCUT2D eigenvalue weighted by Gasteiger charge is -2.30. The van der Waals surface area contributed by atoms with Crippen molar-refractivity contribution in [1.29, 1.82) is 0 Å². The van der Waals surface area contributed by atoms with Crippen molar-refractivity contribution in [2.24, 2.45) is 0 Å². The highest BCUT2D eigenvalue weighted by atomic mass is 79.9. The SMILES string of the molecule is CC(=O)N1c2ccc(OCC=CBr)cc2Sc2cc([N+](=O)[O-])ccc21. The molecule has 1 aliphatic rings. The Morgan fingerprint density at radius 1 is 1.28 bits per heavy atom. The van der Waals surface area contributed by atoms with Gasteiger partial charge in [0.1, 0.15) is 12.4 Å². The summed E-state index contributed by atoms with van der Waals surface area (Å²) in [4.78, 5) is 27.5. The largest absolute Gasteiger partial charge is 0.489 e. The Morgan fingerprint density at radius 2 is 1.96 bits per heavy atom. The fourth-order valence-corrected chi connectivity index (χ4v) is 3.77. The van der Waals surface area contributed by atoms with Gasteiger partial charge in [-0.15, -0.1) is 0 Å². The summed E-state index contributed by atoms with van der Waals surface area (Å²) in [5, 5.41) is 11.0. The number of hydrogen-bond donors (Lipinski definition) is 0. The number of ether oxygens (including phenoxy) is 1. The highest BCUT2D eigenvalue weighted by Gasteiger charge is 2.28. The maximum atomic E-state index is 12.2. The summed E-state index contributed by atoms with van der Waals surface area (Å²) < 4.78 is 5.62. The van der Waals surface area contributed by atoms with Crippen LogP contribution < -0.4 is 9.64 Å². The zero-order chi connectivity index (χ0) is 18.0. The first kappa shape index (κ1) is 17.5. The number of non-ortho nitro benzene ring substituents is 1. The van der Waals surface area contributed by atoms with E-state index in [0.717, 1.165) is 10.6 Å². The van der Waals surface area contributed by atoms with Crippen molar-refractivity contribution < 1.29 is 14.5 Å². The Hall–Kier alpha value is -2.32. The number of rotatable bonds is 4. The van der Waals surface area contributed by atoms with E-state index < -0.39 is 4.92 Å². The van der Waals surface area contributed by atoms with Crippen LogP contribution >= 0.6 is 27.7 Å². The molecule has 1 aliphatic heterocycles. The van der Waals surface area contributed by atoms with Crippen molar-refractivity contribution in [1.82, 2.24) is 0 Å². The van der Waals surface area contributed by atoms with E-state index in [-0.39, 0.29) is 11.6 Å². The van der Waals surface area contributed by atoms with Gasteiger partial charge in [-0.3, -0.25) is 19.8 Å². The molecule has 1 heterocycles. The van der Waals surface area contributed by atoms with Crippen molar-refractivity contribution in [3.8, 4) is 5.75 Å². The van der Waals surface area contributed by atoms with Crippen LogP contribution in [0.15, 0.2) is 57.3 Å². The van der Waals surface area contributed by atoms with E-state index in [2.05, 4.69) is 15.9 Å². The van der Waals surface area contributed by atoms with Gasteiger partial charge in [0.05, 0.1) is 16.3 Å². The number of nitrogens with zero attached hydrogens (tertiary/aromatic N) is 2. The predicted octanol–water partition coefficient (Wildman–Crippen LogP) is 5.03. The molecule has 0 fully saturated rings. The van der Waals surface area contributed by atoms with Crippen molar-refractivity contribution >= 4 is 50.7 Å². The molecule has 1 amide bonds. The lowest BCUT2D eigenvalue weighted by atomic mass is 10.2. The second kappa shape index (κ2) is 7.28. The molecule has 8 heteroatoms. The van der Waals surface area contributed by atoms with Crippen LogP contribution in [0, 0.1) is 10.1 Å². The van der Waals surface area contributed by atoms with Crippen LogP contribution in [0.25, 0.3) is 0 Å². The van der Waals surface area contributed by atoms with E-state index in [1.807, 2.05) is 18.2 Å². The lowest BCUT2D eigenvalue weighted by Crippen LogP contribution is -2.25. The normalized spacial score (nSPS) is 12.6.